The van der Waals surface area contributed by atoms with Crippen molar-refractivity contribution >= 4 is 46.6 Å². The van der Waals surface area contributed by atoms with E-state index in [1.807, 2.05) is 30.3 Å². The Bertz CT molecular complexity index is 3320. The van der Waals surface area contributed by atoms with Crippen LogP contribution in [0.25, 0.3) is 0 Å². The number of benzene rings is 4. The minimum atomic E-state index is -4.69. The largest absolute Gasteiger partial charge is 0.491 e. The third-order valence-corrected chi connectivity index (χ3v) is 13.3. The second-order valence-electron chi connectivity index (χ2n) is 20.4. The lowest BCUT2D eigenvalue weighted by molar-refractivity contribution is -0.141. The number of halogens is 6. The van der Waals surface area contributed by atoms with Crippen molar-refractivity contribution in [3.63, 3.8) is 0 Å². The third-order valence-electron chi connectivity index (χ3n) is 13.3. The summed E-state index contributed by atoms with van der Waals surface area (Å²) in [7, 11) is 0. The number of fused-ring (bicyclic) bond motifs is 2. The molecule has 440 valence electrons. The van der Waals surface area contributed by atoms with Gasteiger partial charge in [0, 0.05) is 73.7 Å². The van der Waals surface area contributed by atoms with Gasteiger partial charge in [0.05, 0.1) is 24.3 Å². The summed E-state index contributed by atoms with van der Waals surface area (Å²) in [5, 5.41) is 28.8. The maximum atomic E-state index is 13.7. The fraction of sp³-hybridized carbons (Fsp3) is 0.356. The summed E-state index contributed by atoms with van der Waals surface area (Å²) in [6, 6.07) is 23.6. The number of hydrogen-bond donors (Lipinski definition) is 6. The van der Waals surface area contributed by atoms with Crippen LogP contribution in [0.15, 0.2) is 109 Å². The molecule has 18 nitrogen and oxygen atoms in total. The number of nitrogens with zero attached hydrogens (tertiary/aromatic N) is 2. The molecule has 83 heavy (non-hydrogen) atoms. The van der Waals surface area contributed by atoms with Crippen LogP contribution in [-0.2, 0) is 66.7 Å². The Morgan fingerprint density at radius 1 is 0.614 bits per heavy atom. The van der Waals surface area contributed by atoms with E-state index in [0.717, 1.165) is 46.5 Å². The number of aryl methyl sites for hydroxylation is 2. The van der Waals surface area contributed by atoms with E-state index < -0.39 is 72.4 Å². The molecular weight excluding hydrogens is 1100 g/mol. The second kappa shape index (κ2) is 26.3. The molecule has 0 saturated carbocycles. The zero-order chi connectivity index (χ0) is 59.6. The highest BCUT2D eigenvalue weighted by atomic mass is 19.4. The van der Waals surface area contributed by atoms with Gasteiger partial charge in [-0.1, -0.05) is 12.1 Å². The van der Waals surface area contributed by atoms with Crippen molar-refractivity contribution in [1.29, 1.82) is 0 Å². The zero-order valence-corrected chi connectivity index (χ0v) is 45.4. The fourth-order valence-corrected chi connectivity index (χ4v) is 9.36. The summed E-state index contributed by atoms with van der Waals surface area (Å²) in [5.41, 5.74) is 1.85. The van der Waals surface area contributed by atoms with Gasteiger partial charge in [0.25, 0.3) is 0 Å². The molecule has 2 aliphatic carbocycles. The van der Waals surface area contributed by atoms with Crippen LogP contribution in [0.3, 0.4) is 0 Å². The third kappa shape index (κ3) is 17.6. The van der Waals surface area contributed by atoms with Gasteiger partial charge >= 0.3 is 12.4 Å². The molecule has 6 aromatic rings. The Kier molecular flexibility index (Phi) is 19.2. The average Bonchev–Trinajstić information content (AvgIpc) is 3.80. The number of carbonyl (C=O) groups excluding carboxylic acids is 4. The first kappa shape index (κ1) is 60.8. The number of carbonyl (C=O) groups is 4. The Morgan fingerprint density at radius 2 is 1.07 bits per heavy atom. The minimum absolute atomic E-state index is 0.00398. The minimum Gasteiger partial charge on any atom is -0.491 e. The van der Waals surface area contributed by atoms with Gasteiger partial charge in [-0.2, -0.15) is 26.3 Å². The number of aliphatic hydroxyl groups excluding tert-OH is 2. The van der Waals surface area contributed by atoms with Crippen molar-refractivity contribution in [3.05, 3.63) is 143 Å². The number of anilines is 4. The number of pyridine rings is 2. The van der Waals surface area contributed by atoms with Crippen LogP contribution in [0.1, 0.15) is 73.9 Å². The maximum Gasteiger partial charge on any atom is 0.416 e. The highest BCUT2D eigenvalue weighted by Gasteiger charge is 2.36. The van der Waals surface area contributed by atoms with Crippen molar-refractivity contribution < 1.29 is 84.2 Å². The van der Waals surface area contributed by atoms with Crippen LogP contribution >= 0.6 is 0 Å². The molecule has 0 bridgehead atoms. The number of rotatable bonds is 17. The molecule has 1 aliphatic heterocycles. The van der Waals surface area contributed by atoms with Crippen molar-refractivity contribution in [3.8, 4) is 34.5 Å². The van der Waals surface area contributed by atoms with Crippen LogP contribution in [-0.4, -0.2) is 88.2 Å². The first-order valence-corrected chi connectivity index (χ1v) is 26.3. The normalized spacial score (nSPS) is 17.5. The van der Waals surface area contributed by atoms with Crippen LogP contribution in [0, 0.1) is 11.8 Å². The molecule has 2 aromatic heterocycles. The highest BCUT2D eigenvalue weighted by molar-refractivity contribution is 5.94. The molecule has 24 heteroatoms. The van der Waals surface area contributed by atoms with Crippen molar-refractivity contribution in [2.45, 2.75) is 96.6 Å². The number of amides is 4. The highest BCUT2D eigenvalue weighted by Crippen LogP contribution is 2.39. The van der Waals surface area contributed by atoms with E-state index >= 15 is 0 Å². The molecule has 4 aromatic carbocycles. The van der Waals surface area contributed by atoms with Crippen LogP contribution in [0.5, 0.6) is 34.5 Å². The van der Waals surface area contributed by atoms with E-state index in [1.54, 1.807) is 44.2 Å². The summed E-state index contributed by atoms with van der Waals surface area (Å²) in [4.78, 5) is 57.1. The van der Waals surface area contributed by atoms with Gasteiger partial charge in [-0.3, -0.25) is 19.2 Å². The number of aromatic nitrogens is 2. The molecule has 2 unspecified atom stereocenters. The number of alkyl halides is 6. The van der Waals surface area contributed by atoms with Gasteiger partial charge in [-0.05, 0) is 135 Å². The van der Waals surface area contributed by atoms with Crippen molar-refractivity contribution in [1.82, 2.24) is 9.97 Å². The van der Waals surface area contributed by atoms with Gasteiger partial charge in [-0.25, -0.2) is 9.97 Å². The summed E-state index contributed by atoms with van der Waals surface area (Å²) in [6.07, 6.45) is -4.97. The number of hydrogen-bond acceptors (Lipinski definition) is 14. The Morgan fingerprint density at radius 3 is 1.49 bits per heavy atom. The van der Waals surface area contributed by atoms with Gasteiger partial charge in [0.15, 0.2) is 5.79 Å². The van der Waals surface area contributed by atoms with Gasteiger partial charge < -0.3 is 59.9 Å². The van der Waals surface area contributed by atoms with E-state index in [9.17, 15) is 50.6 Å². The quantitative estimate of drug-likeness (QED) is 0.0466. The predicted molar refractivity (Wildman–Crippen MR) is 290 cm³/mol. The lowest BCUT2D eigenvalue weighted by Crippen LogP contribution is -2.28. The van der Waals surface area contributed by atoms with E-state index in [1.165, 1.54) is 38.4 Å². The first-order chi connectivity index (χ1) is 39.3. The molecule has 3 aliphatic rings. The fourth-order valence-electron chi connectivity index (χ4n) is 9.36. The second-order valence-corrected chi connectivity index (χ2v) is 20.4. The lowest BCUT2D eigenvalue weighted by Gasteiger charge is -2.25. The standard InChI is InChI=1S/C31H32F3N3O6.C28H28F3N3O6/c1-18(38)36-28-15-25(8-9-35-28)42-24-7-6-19-4-5-20(10-21(19)11-24)29(39)37-23-12-22(31(32,33)34)13-26(14-23)40-16-27-17-41-30(2,3)43-27;1-16(36)33-26-13-24(6-7-32-26)40-23-5-4-17-2-3-18(8-19(17)9-23)27(38)34-21-10-20(28(29,30)31)11-25(12-21)39-15-22(37)14-35/h6-9,11-15,20,27H,4-5,10,16-17H2,1-3H3,(H,37,39)(H,35,36,38);4-7,9-13,18,22,35,37H,2-3,8,14-15H2,1H3,(H,34,38)(H,32,33,36)/t20?,27-;18?,22-/m01/s1. The summed E-state index contributed by atoms with van der Waals surface area (Å²) >= 11 is 0. The van der Waals surface area contributed by atoms with Crippen LogP contribution in [0.2, 0.25) is 0 Å². The maximum absolute atomic E-state index is 13.7. The number of nitrogens with one attached hydrogen (secondary N) is 4. The molecule has 9 rings (SSSR count). The van der Waals surface area contributed by atoms with Crippen LogP contribution < -0.4 is 40.2 Å². The average molecular weight is 1160 g/mol. The zero-order valence-electron chi connectivity index (χ0n) is 45.4. The molecule has 1 saturated heterocycles. The molecule has 0 spiro atoms. The Hall–Kier alpha value is -8.32. The van der Waals surface area contributed by atoms with Gasteiger partial charge in [0.1, 0.15) is 71.6 Å². The Balaban J connectivity index is 0.000000217. The molecule has 3 heterocycles. The summed E-state index contributed by atoms with van der Waals surface area (Å²) in [5.74, 6) is -0.639. The predicted octanol–water partition coefficient (Wildman–Crippen LogP) is 10.5. The lowest BCUT2D eigenvalue weighted by atomic mass is 9.83. The van der Waals surface area contributed by atoms with E-state index in [-0.39, 0.29) is 53.8 Å². The van der Waals surface area contributed by atoms with Gasteiger partial charge in [0.2, 0.25) is 23.6 Å². The molecule has 6 N–H and O–H groups in total. The SMILES string of the molecule is CC(=O)Nc1cc(Oc2ccc3c(c2)CC(C(=O)Nc2cc(OC[C@H](O)CO)cc(C(F)(F)F)c2)CC3)ccn1.CC(=O)Nc1cc(Oc2ccc3c(c2)CC(C(=O)Nc2cc(OC[C@H]4COC(C)(C)O4)cc(C(F)(F)F)c2)CC3)ccn1. The summed E-state index contributed by atoms with van der Waals surface area (Å²) in [6.45, 7) is 5.47. The Labute approximate surface area is 472 Å². The monoisotopic (exact) mass is 1160 g/mol. The number of ether oxygens (including phenoxy) is 6. The number of aliphatic hydroxyl groups is 2. The van der Waals surface area contributed by atoms with Crippen LogP contribution in [0.4, 0.5) is 49.4 Å². The van der Waals surface area contributed by atoms with Crippen molar-refractivity contribution in [2.75, 3.05) is 47.7 Å². The molecule has 1 fully saturated rings. The molecule has 0 radical (unpaired) electrons. The van der Waals surface area contributed by atoms with E-state index in [4.69, 9.17) is 33.5 Å². The topological polar surface area (TPSA) is 238 Å². The van der Waals surface area contributed by atoms with Gasteiger partial charge in [-0.15, -0.1) is 0 Å². The molecule has 4 atom stereocenters. The molecule has 4 amide bonds. The van der Waals surface area contributed by atoms with E-state index in [0.29, 0.717) is 73.2 Å². The summed E-state index contributed by atoms with van der Waals surface area (Å²) < 4.78 is 115. The van der Waals surface area contributed by atoms with E-state index in [2.05, 4.69) is 31.2 Å². The smallest absolute Gasteiger partial charge is 0.416 e. The molecular formula is C59H60F6N6O12. The first-order valence-electron chi connectivity index (χ1n) is 26.3. The van der Waals surface area contributed by atoms with Crippen molar-refractivity contribution in [2.24, 2.45) is 11.8 Å².